The van der Waals surface area contributed by atoms with E-state index in [4.69, 9.17) is 15.9 Å². The van der Waals surface area contributed by atoms with E-state index in [1.165, 1.54) is 6.33 Å². The Hall–Kier alpha value is -3.14. The van der Waals surface area contributed by atoms with Crippen molar-refractivity contribution in [2.75, 3.05) is 30.4 Å². The zero-order valence-electron chi connectivity index (χ0n) is 17.8. The molecule has 2 aromatic carbocycles. The molecular weight excluding hydrogens is 424 g/mol. The van der Waals surface area contributed by atoms with Gasteiger partial charge in [-0.05, 0) is 49.2 Å². The van der Waals surface area contributed by atoms with Crippen molar-refractivity contribution in [1.82, 2.24) is 14.3 Å². The van der Waals surface area contributed by atoms with Crippen molar-refractivity contribution in [3.05, 3.63) is 72.1 Å². The summed E-state index contributed by atoms with van der Waals surface area (Å²) in [6.45, 7) is 1.49. The fourth-order valence-electron chi connectivity index (χ4n) is 3.66. The molecule has 0 spiro atoms. The van der Waals surface area contributed by atoms with E-state index in [0.29, 0.717) is 22.7 Å². The molecule has 1 atom stereocenters. The Balaban J connectivity index is 1.49. The van der Waals surface area contributed by atoms with Crippen LogP contribution in [0, 0.1) is 5.41 Å². The molecule has 0 amide bonds. The van der Waals surface area contributed by atoms with Gasteiger partial charge in [0.15, 0.2) is 0 Å². The summed E-state index contributed by atoms with van der Waals surface area (Å²) in [4.78, 5) is 8.47. The lowest BCUT2D eigenvalue weighted by molar-refractivity contribution is 0.331. The van der Waals surface area contributed by atoms with Crippen LogP contribution in [0.2, 0.25) is 0 Å². The van der Waals surface area contributed by atoms with E-state index in [1.54, 1.807) is 6.26 Å². The van der Waals surface area contributed by atoms with Gasteiger partial charge in [0, 0.05) is 36.1 Å². The summed E-state index contributed by atoms with van der Waals surface area (Å²) in [5.74, 6) is 2.23. The summed E-state index contributed by atoms with van der Waals surface area (Å²) < 4.78 is 19.5. The van der Waals surface area contributed by atoms with Crippen molar-refractivity contribution >= 4 is 28.7 Å². The second kappa shape index (κ2) is 9.99. The molecule has 9 heteroatoms. The molecule has 1 saturated heterocycles. The van der Waals surface area contributed by atoms with Gasteiger partial charge in [-0.1, -0.05) is 18.2 Å². The van der Waals surface area contributed by atoms with E-state index in [2.05, 4.69) is 15.3 Å². The summed E-state index contributed by atoms with van der Waals surface area (Å²) >= 11 is -0.953. The van der Waals surface area contributed by atoms with Gasteiger partial charge in [0.25, 0.3) is 0 Å². The predicted octanol–water partition coefficient (Wildman–Crippen LogP) is 3.44. The molecule has 4 rings (SSSR count). The number of nitrogens with one attached hydrogen (secondary N) is 2. The molecule has 1 fully saturated rings. The van der Waals surface area contributed by atoms with Crippen LogP contribution in [0.4, 0.5) is 11.6 Å². The number of nitrogens with zero attached hydrogens (tertiary/aromatic N) is 3. The third-order valence-electron chi connectivity index (χ3n) is 5.41. The first-order valence-corrected chi connectivity index (χ1v) is 11.9. The van der Waals surface area contributed by atoms with Crippen LogP contribution < -0.4 is 15.8 Å². The van der Waals surface area contributed by atoms with Gasteiger partial charge in [0.2, 0.25) is 0 Å². The third-order valence-corrected chi connectivity index (χ3v) is 6.50. The number of nitrogens with two attached hydrogens (primary N) is 1. The lowest BCUT2D eigenvalue weighted by atomic mass is 10.0. The van der Waals surface area contributed by atoms with E-state index in [-0.39, 0.29) is 17.6 Å². The lowest BCUT2D eigenvalue weighted by Gasteiger charge is -2.31. The maximum Gasteiger partial charge on any atom is 0.141 e. The highest BCUT2D eigenvalue weighted by molar-refractivity contribution is 7.88. The van der Waals surface area contributed by atoms with Gasteiger partial charge in [0.05, 0.1) is 11.3 Å². The molecule has 3 aromatic rings. The van der Waals surface area contributed by atoms with Crippen LogP contribution >= 0.6 is 0 Å². The van der Waals surface area contributed by atoms with E-state index >= 15 is 0 Å². The summed E-state index contributed by atoms with van der Waals surface area (Å²) in [6, 6.07) is 17.0. The Morgan fingerprint density at radius 3 is 2.41 bits per heavy atom. The van der Waals surface area contributed by atoms with Gasteiger partial charge in [0.1, 0.15) is 35.7 Å². The summed E-state index contributed by atoms with van der Waals surface area (Å²) in [6.07, 6.45) is 4.78. The molecule has 2 heterocycles. The summed E-state index contributed by atoms with van der Waals surface area (Å²) in [5, 5.41) is 12.2. The Bertz CT molecular complexity index is 1050. The van der Waals surface area contributed by atoms with Crippen LogP contribution in [0.15, 0.2) is 60.9 Å². The van der Waals surface area contributed by atoms with Crippen molar-refractivity contribution < 1.29 is 9.29 Å². The van der Waals surface area contributed by atoms with E-state index in [9.17, 15) is 4.55 Å². The molecule has 0 radical (unpaired) electrons. The molecule has 1 aromatic heterocycles. The number of para-hydroxylation sites is 1. The zero-order valence-corrected chi connectivity index (χ0v) is 18.6. The molecule has 32 heavy (non-hydrogen) atoms. The second-order valence-electron chi connectivity index (χ2n) is 7.57. The maximum absolute atomic E-state index is 11.7. The van der Waals surface area contributed by atoms with Gasteiger partial charge in [-0.2, -0.15) is 0 Å². The van der Waals surface area contributed by atoms with Gasteiger partial charge < -0.3 is 20.3 Å². The van der Waals surface area contributed by atoms with Gasteiger partial charge in [-0.25, -0.2) is 9.97 Å². The minimum absolute atomic E-state index is 0.164. The number of piperidine rings is 1. The SMILES string of the molecule is C[S+]([O-])N1CCC(Nc2ncnc(N)c2C(=N)c2ccc(Oc3ccccc3)cc2)CC1. The zero-order chi connectivity index (χ0) is 22.5. The number of hydrogen-bond acceptors (Lipinski definition) is 8. The van der Waals surface area contributed by atoms with Crippen LogP contribution in [-0.4, -0.2) is 49.9 Å². The average Bonchev–Trinajstić information content (AvgIpc) is 2.80. The number of aromatic nitrogens is 2. The molecular formula is C23H26N6O2S. The first-order chi connectivity index (χ1) is 15.5. The highest BCUT2D eigenvalue weighted by Gasteiger charge is 2.26. The number of rotatable bonds is 7. The molecule has 4 N–H and O–H groups in total. The molecule has 0 aliphatic carbocycles. The summed E-state index contributed by atoms with van der Waals surface area (Å²) in [5.41, 5.74) is 7.56. The third kappa shape index (κ3) is 5.18. The number of benzene rings is 2. The predicted molar refractivity (Wildman–Crippen MR) is 128 cm³/mol. The summed E-state index contributed by atoms with van der Waals surface area (Å²) in [7, 11) is 0. The molecule has 0 saturated carbocycles. The van der Waals surface area contributed by atoms with Crippen molar-refractivity contribution in [1.29, 1.82) is 5.41 Å². The highest BCUT2D eigenvalue weighted by Crippen LogP contribution is 2.26. The topological polar surface area (TPSA) is 123 Å². The number of ether oxygens (including phenoxy) is 1. The van der Waals surface area contributed by atoms with Crippen LogP contribution in [0.5, 0.6) is 11.5 Å². The largest absolute Gasteiger partial charge is 0.598 e. The number of hydrogen-bond donors (Lipinski definition) is 3. The van der Waals surface area contributed by atoms with Crippen LogP contribution in [0.3, 0.4) is 0 Å². The number of nitrogen functional groups attached to an aromatic ring is 1. The molecule has 166 valence electrons. The van der Waals surface area contributed by atoms with Crippen LogP contribution in [0.25, 0.3) is 0 Å². The molecule has 1 unspecified atom stereocenters. The molecule has 0 bridgehead atoms. The maximum atomic E-state index is 11.7. The molecule has 1 aliphatic heterocycles. The van der Waals surface area contributed by atoms with E-state index < -0.39 is 11.4 Å². The average molecular weight is 451 g/mol. The Morgan fingerprint density at radius 1 is 1.09 bits per heavy atom. The molecule has 1 aliphatic rings. The van der Waals surface area contributed by atoms with Crippen molar-refractivity contribution in [3.8, 4) is 11.5 Å². The molecule has 8 nitrogen and oxygen atoms in total. The first-order valence-electron chi connectivity index (χ1n) is 10.4. The van der Waals surface area contributed by atoms with Gasteiger partial charge in [-0.3, -0.25) is 5.41 Å². The normalized spacial score (nSPS) is 15.8. The van der Waals surface area contributed by atoms with Gasteiger partial charge in [-0.15, -0.1) is 4.31 Å². The standard InChI is InChI=1S/C23H26N6O2S/c1-32(30)29-13-11-17(12-14-29)28-23-20(22(25)26-15-27-23)21(24)16-7-9-19(10-8-16)31-18-5-3-2-4-6-18/h2-10,15,17,24H,11-14H2,1H3,(H3,25,26,27,28). The fourth-order valence-corrected chi connectivity index (χ4v) is 4.39. The first kappa shape index (κ1) is 22.1. The quantitative estimate of drug-likeness (QED) is 0.372. The monoisotopic (exact) mass is 450 g/mol. The Morgan fingerprint density at radius 2 is 1.75 bits per heavy atom. The Labute approximate surface area is 190 Å². The highest BCUT2D eigenvalue weighted by atomic mass is 32.2. The van der Waals surface area contributed by atoms with E-state index in [1.807, 2.05) is 58.9 Å². The second-order valence-corrected chi connectivity index (χ2v) is 8.93. The van der Waals surface area contributed by atoms with Crippen LogP contribution in [-0.2, 0) is 11.4 Å². The minimum Gasteiger partial charge on any atom is -0.598 e. The van der Waals surface area contributed by atoms with E-state index in [0.717, 1.165) is 31.7 Å². The van der Waals surface area contributed by atoms with Crippen LogP contribution in [0.1, 0.15) is 24.0 Å². The van der Waals surface area contributed by atoms with Crippen molar-refractivity contribution in [2.24, 2.45) is 0 Å². The Kier molecular flexibility index (Phi) is 6.89. The lowest BCUT2D eigenvalue weighted by Crippen LogP contribution is -2.42. The van der Waals surface area contributed by atoms with Gasteiger partial charge >= 0.3 is 0 Å². The number of anilines is 2. The van der Waals surface area contributed by atoms with Crippen molar-refractivity contribution in [3.63, 3.8) is 0 Å². The minimum atomic E-state index is -0.953. The fraction of sp³-hybridized carbons (Fsp3) is 0.261. The van der Waals surface area contributed by atoms with Crippen molar-refractivity contribution in [2.45, 2.75) is 18.9 Å². The smallest absolute Gasteiger partial charge is 0.141 e.